The van der Waals surface area contributed by atoms with Gasteiger partial charge < -0.3 is 15.2 Å². The van der Waals surface area contributed by atoms with E-state index in [1.165, 1.54) is 18.2 Å². The van der Waals surface area contributed by atoms with Crippen molar-refractivity contribution in [1.82, 2.24) is 20.2 Å². The molecule has 26 heavy (non-hydrogen) atoms. The molecule has 0 amide bonds. The monoisotopic (exact) mass is 381 g/mol. The van der Waals surface area contributed by atoms with Crippen LogP contribution >= 0.6 is 0 Å². The number of aliphatic imine (C=N–C) groups is 1. The molecule has 0 aliphatic rings. The molecule has 7 nitrogen and oxygen atoms in total. The fourth-order valence-corrected chi connectivity index (χ4v) is 3.24. The summed E-state index contributed by atoms with van der Waals surface area (Å²) in [5, 5.41) is 6.31. The van der Waals surface area contributed by atoms with Crippen LogP contribution in [0.15, 0.2) is 41.9 Å². The summed E-state index contributed by atoms with van der Waals surface area (Å²) in [5.41, 5.74) is 1.12. The molecule has 142 valence electrons. The molecule has 0 saturated carbocycles. The van der Waals surface area contributed by atoms with Gasteiger partial charge in [0.2, 0.25) is 0 Å². The maximum atomic E-state index is 13.6. The highest BCUT2D eigenvalue weighted by atomic mass is 32.2. The SMILES string of the molecule is CCNC(=NCc1cc(F)ccc1CS(C)(=O)=O)NCCn1ccnc1. The van der Waals surface area contributed by atoms with Crippen LogP contribution in [0.2, 0.25) is 0 Å². The van der Waals surface area contributed by atoms with Crippen LogP contribution in [0.1, 0.15) is 18.1 Å². The molecule has 0 fully saturated rings. The van der Waals surface area contributed by atoms with Crippen molar-refractivity contribution in [3.63, 3.8) is 0 Å². The smallest absolute Gasteiger partial charge is 0.191 e. The van der Waals surface area contributed by atoms with E-state index in [9.17, 15) is 12.8 Å². The number of rotatable bonds is 8. The third kappa shape index (κ3) is 6.83. The van der Waals surface area contributed by atoms with E-state index in [4.69, 9.17) is 0 Å². The quantitative estimate of drug-likeness (QED) is 0.532. The van der Waals surface area contributed by atoms with Crippen LogP contribution in [-0.4, -0.2) is 43.3 Å². The van der Waals surface area contributed by atoms with Crippen LogP contribution < -0.4 is 10.6 Å². The molecule has 0 unspecified atom stereocenters. The Hall–Kier alpha value is -2.42. The van der Waals surface area contributed by atoms with E-state index in [-0.39, 0.29) is 12.3 Å². The standard InChI is InChI=1S/C17H24FN5O2S/c1-3-20-17(21-7-9-23-8-6-19-13-23)22-11-15-10-16(18)5-4-14(15)12-26(2,24)25/h4-6,8,10,13H,3,7,9,11-12H2,1-2H3,(H2,20,21,22). The maximum Gasteiger partial charge on any atom is 0.191 e. The minimum Gasteiger partial charge on any atom is -0.357 e. The summed E-state index contributed by atoms with van der Waals surface area (Å²) in [6.45, 7) is 4.18. The van der Waals surface area contributed by atoms with E-state index < -0.39 is 15.7 Å². The Labute approximate surface area is 153 Å². The molecule has 1 aromatic carbocycles. The van der Waals surface area contributed by atoms with E-state index in [1.807, 2.05) is 17.7 Å². The summed E-state index contributed by atoms with van der Waals surface area (Å²) in [4.78, 5) is 8.43. The van der Waals surface area contributed by atoms with Gasteiger partial charge in [0.15, 0.2) is 15.8 Å². The van der Waals surface area contributed by atoms with Gasteiger partial charge >= 0.3 is 0 Å². The lowest BCUT2D eigenvalue weighted by molar-refractivity contribution is 0.600. The molecule has 0 radical (unpaired) electrons. The molecule has 0 bridgehead atoms. The molecular weight excluding hydrogens is 357 g/mol. The summed E-state index contributed by atoms with van der Waals surface area (Å²) >= 11 is 0. The van der Waals surface area contributed by atoms with Gasteiger partial charge in [0, 0.05) is 38.3 Å². The number of benzene rings is 1. The number of guanidine groups is 1. The van der Waals surface area contributed by atoms with Crippen LogP contribution in [0.5, 0.6) is 0 Å². The van der Waals surface area contributed by atoms with Gasteiger partial charge in [-0.15, -0.1) is 0 Å². The third-order valence-electron chi connectivity index (χ3n) is 3.56. The first kappa shape index (κ1) is 19.9. The molecule has 1 heterocycles. The highest BCUT2D eigenvalue weighted by Gasteiger charge is 2.10. The highest BCUT2D eigenvalue weighted by molar-refractivity contribution is 7.89. The van der Waals surface area contributed by atoms with E-state index in [0.29, 0.717) is 30.2 Å². The predicted molar refractivity (Wildman–Crippen MR) is 100.0 cm³/mol. The number of halogens is 1. The normalized spacial score (nSPS) is 12.2. The maximum absolute atomic E-state index is 13.6. The van der Waals surface area contributed by atoms with Gasteiger partial charge in [-0.1, -0.05) is 6.07 Å². The Bertz CT molecular complexity index is 835. The van der Waals surface area contributed by atoms with Gasteiger partial charge in [0.1, 0.15) is 5.82 Å². The Morgan fingerprint density at radius 1 is 1.31 bits per heavy atom. The number of hydrogen-bond donors (Lipinski definition) is 2. The summed E-state index contributed by atoms with van der Waals surface area (Å²) in [5.74, 6) is 0.0376. The summed E-state index contributed by atoms with van der Waals surface area (Å²) in [7, 11) is -3.21. The Balaban J connectivity index is 2.06. The number of nitrogens with zero attached hydrogens (tertiary/aromatic N) is 3. The minimum absolute atomic E-state index is 0.136. The number of nitrogens with one attached hydrogen (secondary N) is 2. The number of hydrogen-bond acceptors (Lipinski definition) is 4. The average molecular weight is 381 g/mol. The van der Waals surface area contributed by atoms with Gasteiger partial charge in [0.25, 0.3) is 0 Å². The fourth-order valence-electron chi connectivity index (χ4n) is 2.39. The molecule has 2 N–H and O–H groups in total. The number of imidazole rings is 1. The van der Waals surface area contributed by atoms with Crippen LogP contribution in [0.4, 0.5) is 4.39 Å². The van der Waals surface area contributed by atoms with Crippen molar-refractivity contribution in [1.29, 1.82) is 0 Å². The molecule has 0 aliphatic heterocycles. The third-order valence-corrected chi connectivity index (χ3v) is 4.39. The lowest BCUT2D eigenvalue weighted by atomic mass is 10.1. The zero-order valence-electron chi connectivity index (χ0n) is 14.9. The molecular formula is C17H24FN5O2S. The second-order valence-corrected chi connectivity index (χ2v) is 8.05. The summed E-state index contributed by atoms with van der Waals surface area (Å²) in [6, 6.07) is 4.10. The number of sulfone groups is 1. The minimum atomic E-state index is -3.21. The Morgan fingerprint density at radius 2 is 2.12 bits per heavy atom. The van der Waals surface area contributed by atoms with Crippen molar-refractivity contribution in [2.45, 2.75) is 25.8 Å². The zero-order valence-corrected chi connectivity index (χ0v) is 15.8. The highest BCUT2D eigenvalue weighted by Crippen LogP contribution is 2.15. The summed E-state index contributed by atoms with van der Waals surface area (Å²) < 4.78 is 38.7. The van der Waals surface area contributed by atoms with Crippen molar-refractivity contribution in [2.24, 2.45) is 4.99 Å². The molecule has 9 heteroatoms. The van der Waals surface area contributed by atoms with Crippen LogP contribution in [0.25, 0.3) is 0 Å². The van der Waals surface area contributed by atoms with Crippen molar-refractivity contribution < 1.29 is 12.8 Å². The van der Waals surface area contributed by atoms with Crippen molar-refractivity contribution >= 4 is 15.8 Å². The largest absolute Gasteiger partial charge is 0.357 e. The second-order valence-electron chi connectivity index (χ2n) is 5.91. The second kappa shape index (κ2) is 9.33. The first-order valence-corrected chi connectivity index (χ1v) is 10.4. The average Bonchev–Trinajstić information content (AvgIpc) is 3.07. The lowest BCUT2D eigenvalue weighted by Gasteiger charge is -2.12. The molecule has 2 rings (SSSR count). The number of aromatic nitrogens is 2. The fraction of sp³-hybridized carbons (Fsp3) is 0.412. The van der Waals surface area contributed by atoms with Crippen molar-refractivity contribution in [2.75, 3.05) is 19.3 Å². The molecule has 2 aromatic rings. The molecule has 0 spiro atoms. The molecule has 0 saturated heterocycles. The van der Waals surface area contributed by atoms with Crippen LogP contribution in [-0.2, 0) is 28.7 Å². The first-order valence-electron chi connectivity index (χ1n) is 8.30. The Morgan fingerprint density at radius 3 is 2.77 bits per heavy atom. The topological polar surface area (TPSA) is 88.4 Å². The lowest BCUT2D eigenvalue weighted by Crippen LogP contribution is -2.38. The van der Waals surface area contributed by atoms with E-state index in [1.54, 1.807) is 12.5 Å². The van der Waals surface area contributed by atoms with Gasteiger partial charge in [-0.3, -0.25) is 0 Å². The zero-order chi connectivity index (χ0) is 19.0. The molecule has 0 aliphatic carbocycles. The van der Waals surface area contributed by atoms with Crippen LogP contribution in [0.3, 0.4) is 0 Å². The molecule has 0 atom stereocenters. The van der Waals surface area contributed by atoms with Gasteiger partial charge in [-0.05, 0) is 30.2 Å². The van der Waals surface area contributed by atoms with Gasteiger partial charge in [-0.2, -0.15) is 0 Å². The predicted octanol–water partition coefficient (Wildman–Crippen LogP) is 1.32. The first-order chi connectivity index (χ1) is 12.4. The van der Waals surface area contributed by atoms with Gasteiger partial charge in [0.05, 0.1) is 18.6 Å². The van der Waals surface area contributed by atoms with E-state index >= 15 is 0 Å². The van der Waals surface area contributed by atoms with Crippen LogP contribution in [0, 0.1) is 5.82 Å². The van der Waals surface area contributed by atoms with Crippen molar-refractivity contribution in [3.8, 4) is 0 Å². The summed E-state index contributed by atoms with van der Waals surface area (Å²) in [6.07, 6.45) is 6.48. The van der Waals surface area contributed by atoms with Crippen molar-refractivity contribution in [3.05, 3.63) is 53.9 Å². The van der Waals surface area contributed by atoms with E-state index in [2.05, 4.69) is 20.6 Å². The van der Waals surface area contributed by atoms with E-state index in [0.717, 1.165) is 12.8 Å². The Kier molecular flexibility index (Phi) is 7.14. The molecule has 1 aromatic heterocycles. The van der Waals surface area contributed by atoms with Gasteiger partial charge in [-0.25, -0.2) is 22.8 Å².